The molecule has 1 N–H and O–H groups in total. The van der Waals surface area contributed by atoms with Gasteiger partial charge in [0.05, 0.1) is 11.8 Å². The Balaban J connectivity index is 2.11. The van der Waals surface area contributed by atoms with Gasteiger partial charge in [-0.2, -0.15) is 5.10 Å². The van der Waals surface area contributed by atoms with Gasteiger partial charge >= 0.3 is 0 Å². The van der Waals surface area contributed by atoms with Crippen molar-refractivity contribution in [1.82, 2.24) is 15.1 Å². The number of nitrogens with one attached hydrogen (secondary N) is 1. The molecule has 94 valence electrons. The lowest BCUT2D eigenvalue weighted by Gasteiger charge is -2.16. The second-order valence-electron chi connectivity index (χ2n) is 3.88. The standard InChI is InChI=1S/C12H11F2N3O/c1-17(12(18)9-5-15-16-6-9)7-8-2-3-10(13)4-11(8)14/h2-6H,7H2,1H3,(H,15,16). The molecule has 6 heteroatoms. The fourth-order valence-electron chi connectivity index (χ4n) is 1.57. The van der Waals surface area contributed by atoms with Crippen molar-refractivity contribution >= 4 is 5.91 Å². The van der Waals surface area contributed by atoms with E-state index in [0.717, 1.165) is 12.1 Å². The predicted octanol–water partition coefficient (Wildman–Crippen LogP) is 1.96. The van der Waals surface area contributed by atoms with Crippen LogP contribution in [0.2, 0.25) is 0 Å². The smallest absolute Gasteiger partial charge is 0.257 e. The van der Waals surface area contributed by atoms with Gasteiger partial charge in [0.25, 0.3) is 5.91 Å². The molecule has 0 spiro atoms. The highest BCUT2D eigenvalue weighted by molar-refractivity contribution is 5.93. The molecular formula is C12H11F2N3O. The van der Waals surface area contributed by atoms with Crippen LogP contribution in [0.4, 0.5) is 8.78 Å². The summed E-state index contributed by atoms with van der Waals surface area (Å²) < 4.78 is 26.2. The number of hydrogen-bond donors (Lipinski definition) is 1. The van der Waals surface area contributed by atoms with Gasteiger partial charge in [-0.05, 0) is 6.07 Å². The number of benzene rings is 1. The van der Waals surface area contributed by atoms with Crippen molar-refractivity contribution in [1.29, 1.82) is 0 Å². The maximum absolute atomic E-state index is 13.4. The lowest BCUT2D eigenvalue weighted by Crippen LogP contribution is -2.26. The van der Waals surface area contributed by atoms with Gasteiger partial charge in [-0.15, -0.1) is 0 Å². The summed E-state index contributed by atoms with van der Waals surface area (Å²) in [6.45, 7) is 0.0656. The summed E-state index contributed by atoms with van der Waals surface area (Å²) in [7, 11) is 1.54. The minimum atomic E-state index is -0.665. The van der Waals surface area contributed by atoms with Crippen molar-refractivity contribution in [2.75, 3.05) is 7.05 Å². The highest BCUT2D eigenvalue weighted by Gasteiger charge is 2.14. The topological polar surface area (TPSA) is 49.0 Å². The van der Waals surface area contributed by atoms with Gasteiger partial charge in [0.2, 0.25) is 0 Å². The molecule has 0 radical (unpaired) electrons. The number of aromatic amines is 1. The third-order valence-corrected chi connectivity index (χ3v) is 2.51. The number of hydrogen-bond acceptors (Lipinski definition) is 2. The van der Waals surface area contributed by atoms with E-state index in [1.807, 2.05) is 0 Å². The van der Waals surface area contributed by atoms with E-state index in [4.69, 9.17) is 0 Å². The lowest BCUT2D eigenvalue weighted by molar-refractivity contribution is 0.0784. The van der Waals surface area contributed by atoms with Gasteiger partial charge < -0.3 is 4.90 Å². The van der Waals surface area contributed by atoms with Crippen molar-refractivity contribution in [3.8, 4) is 0 Å². The van der Waals surface area contributed by atoms with Crippen LogP contribution in [0.5, 0.6) is 0 Å². The number of H-pyrrole nitrogens is 1. The monoisotopic (exact) mass is 251 g/mol. The molecule has 1 amide bonds. The fourth-order valence-corrected chi connectivity index (χ4v) is 1.57. The van der Waals surface area contributed by atoms with Crippen molar-refractivity contribution in [2.45, 2.75) is 6.54 Å². The molecule has 0 fully saturated rings. The summed E-state index contributed by atoms with van der Waals surface area (Å²) in [5.74, 6) is -1.59. The quantitative estimate of drug-likeness (QED) is 0.906. The minimum absolute atomic E-state index is 0.0656. The molecule has 0 aliphatic rings. The summed E-state index contributed by atoms with van der Waals surface area (Å²) in [4.78, 5) is 13.2. The second kappa shape index (κ2) is 4.95. The number of rotatable bonds is 3. The lowest BCUT2D eigenvalue weighted by atomic mass is 10.2. The number of aromatic nitrogens is 2. The van der Waals surface area contributed by atoms with Crippen molar-refractivity contribution in [3.63, 3.8) is 0 Å². The number of carbonyl (C=O) groups is 1. The van der Waals surface area contributed by atoms with E-state index in [1.54, 1.807) is 0 Å². The van der Waals surface area contributed by atoms with Crippen LogP contribution in [-0.2, 0) is 6.54 Å². The number of amides is 1. The predicted molar refractivity (Wildman–Crippen MR) is 60.7 cm³/mol. The van der Waals surface area contributed by atoms with Gasteiger partial charge in [-0.1, -0.05) is 6.07 Å². The van der Waals surface area contributed by atoms with Crippen LogP contribution < -0.4 is 0 Å². The van der Waals surface area contributed by atoms with E-state index in [9.17, 15) is 13.6 Å². The van der Waals surface area contributed by atoms with Crippen molar-refractivity contribution in [3.05, 3.63) is 53.4 Å². The van der Waals surface area contributed by atoms with E-state index in [2.05, 4.69) is 10.2 Å². The van der Waals surface area contributed by atoms with Gasteiger partial charge in [0.15, 0.2) is 0 Å². The third kappa shape index (κ3) is 2.53. The van der Waals surface area contributed by atoms with E-state index in [-0.39, 0.29) is 18.0 Å². The summed E-state index contributed by atoms with van der Waals surface area (Å²) in [5.41, 5.74) is 0.649. The first kappa shape index (κ1) is 12.2. The van der Waals surface area contributed by atoms with E-state index < -0.39 is 11.6 Å². The van der Waals surface area contributed by atoms with Crippen LogP contribution in [0, 0.1) is 11.6 Å². The molecule has 0 atom stereocenters. The largest absolute Gasteiger partial charge is 0.337 e. The van der Waals surface area contributed by atoms with Gasteiger partial charge in [-0.3, -0.25) is 9.89 Å². The zero-order valence-electron chi connectivity index (χ0n) is 9.65. The van der Waals surface area contributed by atoms with Crippen LogP contribution in [0.3, 0.4) is 0 Å². The summed E-state index contributed by atoms with van der Waals surface area (Å²) in [6, 6.07) is 3.28. The molecule has 0 saturated carbocycles. The summed E-state index contributed by atoms with van der Waals surface area (Å²) in [5, 5.41) is 6.19. The minimum Gasteiger partial charge on any atom is -0.337 e. The Bertz CT molecular complexity index is 554. The highest BCUT2D eigenvalue weighted by atomic mass is 19.1. The van der Waals surface area contributed by atoms with Crippen molar-refractivity contribution < 1.29 is 13.6 Å². The average molecular weight is 251 g/mol. The van der Waals surface area contributed by atoms with Crippen molar-refractivity contribution in [2.24, 2.45) is 0 Å². The Morgan fingerprint density at radius 1 is 1.44 bits per heavy atom. The maximum atomic E-state index is 13.4. The molecule has 1 aromatic heterocycles. The first-order chi connectivity index (χ1) is 8.58. The van der Waals surface area contributed by atoms with E-state index >= 15 is 0 Å². The van der Waals surface area contributed by atoms with Gasteiger partial charge in [0, 0.05) is 31.4 Å². The normalized spacial score (nSPS) is 10.4. The number of nitrogens with zero attached hydrogens (tertiary/aromatic N) is 2. The molecule has 0 bridgehead atoms. The first-order valence-electron chi connectivity index (χ1n) is 5.26. The third-order valence-electron chi connectivity index (χ3n) is 2.51. The molecule has 0 aliphatic heterocycles. The Labute approximate surface area is 102 Å². The Morgan fingerprint density at radius 2 is 2.22 bits per heavy atom. The molecule has 18 heavy (non-hydrogen) atoms. The van der Waals surface area contributed by atoms with Crippen LogP contribution in [0.1, 0.15) is 15.9 Å². The molecule has 1 heterocycles. The van der Waals surface area contributed by atoms with E-state index in [1.165, 1.54) is 30.4 Å². The van der Waals surface area contributed by atoms with Crippen LogP contribution in [0.25, 0.3) is 0 Å². The second-order valence-corrected chi connectivity index (χ2v) is 3.88. The first-order valence-corrected chi connectivity index (χ1v) is 5.26. The molecule has 1 aromatic carbocycles. The average Bonchev–Trinajstić information content (AvgIpc) is 2.85. The van der Waals surface area contributed by atoms with Gasteiger partial charge in [-0.25, -0.2) is 8.78 Å². The molecule has 0 aliphatic carbocycles. The Hall–Kier alpha value is -2.24. The number of carbonyl (C=O) groups excluding carboxylic acids is 1. The van der Waals surface area contributed by atoms with Crippen LogP contribution in [-0.4, -0.2) is 28.1 Å². The molecule has 2 rings (SSSR count). The molecule has 2 aromatic rings. The highest BCUT2D eigenvalue weighted by Crippen LogP contribution is 2.12. The van der Waals surface area contributed by atoms with Gasteiger partial charge in [0.1, 0.15) is 11.6 Å². The van der Waals surface area contributed by atoms with Crippen LogP contribution >= 0.6 is 0 Å². The summed E-state index contributed by atoms with van der Waals surface area (Å²) >= 11 is 0. The zero-order chi connectivity index (χ0) is 13.1. The SMILES string of the molecule is CN(Cc1ccc(F)cc1F)C(=O)c1cn[nH]c1. The zero-order valence-corrected chi connectivity index (χ0v) is 9.65. The molecule has 0 saturated heterocycles. The number of halogens is 2. The van der Waals surface area contributed by atoms with E-state index in [0.29, 0.717) is 5.56 Å². The Morgan fingerprint density at radius 3 is 2.83 bits per heavy atom. The maximum Gasteiger partial charge on any atom is 0.257 e. The molecular weight excluding hydrogens is 240 g/mol. The molecule has 4 nitrogen and oxygen atoms in total. The fraction of sp³-hybridized carbons (Fsp3) is 0.167. The Kier molecular flexibility index (Phi) is 3.36. The summed E-state index contributed by atoms with van der Waals surface area (Å²) in [6.07, 6.45) is 2.85. The van der Waals surface area contributed by atoms with Crippen LogP contribution in [0.15, 0.2) is 30.6 Å². The molecule has 0 unspecified atom stereocenters.